The van der Waals surface area contributed by atoms with E-state index in [1.807, 2.05) is 66.2 Å². The van der Waals surface area contributed by atoms with Gasteiger partial charge < -0.3 is 0 Å². The molecule has 0 aliphatic heterocycles. The molecular formula is C22H18ClN5O2. The van der Waals surface area contributed by atoms with Gasteiger partial charge in [0, 0.05) is 36.6 Å². The predicted molar refractivity (Wildman–Crippen MR) is 118 cm³/mol. The van der Waals surface area contributed by atoms with Crippen LogP contribution in [0.2, 0.25) is 5.02 Å². The first kappa shape index (κ1) is 18.4. The van der Waals surface area contributed by atoms with Crippen LogP contribution in [0.4, 0.5) is 0 Å². The maximum absolute atomic E-state index is 12.9. The third kappa shape index (κ3) is 2.55. The Hall–Kier alpha value is -3.58. The molecule has 5 aromatic rings. The van der Waals surface area contributed by atoms with Crippen LogP contribution in [0.3, 0.4) is 0 Å². The molecule has 0 fully saturated rings. The van der Waals surface area contributed by atoms with E-state index >= 15 is 0 Å². The molecule has 0 bridgehead atoms. The van der Waals surface area contributed by atoms with Gasteiger partial charge in [0.25, 0.3) is 5.56 Å². The van der Waals surface area contributed by atoms with Gasteiger partial charge in [-0.05, 0) is 31.2 Å². The number of imidazole rings is 2. The minimum absolute atomic E-state index is 0.349. The van der Waals surface area contributed by atoms with Gasteiger partial charge in [0.2, 0.25) is 5.78 Å². The third-order valence-electron chi connectivity index (χ3n) is 5.40. The standard InChI is InChI=1S/C22H18ClN5O2/c1-13-4-10-16(11-5-13)28-17(14-6-8-15(23)9-7-14)12-27-18-19(24-21(27)28)25(2)22(30)26(3)20(18)29/h4-12H,1-3H3. The van der Waals surface area contributed by atoms with Crippen LogP contribution in [0.15, 0.2) is 64.3 Å². The predicted octanol–water partition coefficient (Wildman–Crippen LogP) is 3.30. The van der Waals surface area contributed by atoms with Crippen LogP contribution < -0.4 is 11.2 Å². The molecule has 8 heteroatoms. The number of aromatic nitrogens is 5. The van der Waals surface area contributed by atoms with Crippen LogP contribution in [0.5, 0.6) is 0 Å². The van der Waals surface area contributed by atoms with Crippen LogP contribution in [0, 0.1) is 6.92 Å². The van der Waals surface area contributed by atoms with E-state index in [-0.39, 0.29) is 5.56 Å². The summed E-state index contributed by atoms with van der Waals surface area (Å²) in [5.41, 5.74) is 3.74. The first-order valence-corrected chi connectivity index (χ1v) is 9.77. The second-order valence-corrected chi connectivity index (χ2v) is 7.79. The van der Waals surface area contributed by atoms with Gasteiger partial charge in [-0.25, -0.2) is 4.79 Å². The number of hydrogen-bond acceptors (Lipinski definition) is 3. The fourth-order valence-corrected chi connectivity index (χ4v) is 3.87. The number of fused-ring (bicyclic) bond motifs is 3. The molecule has 0 amide bonds. The molecule has 0 saturated carbocycles. The SMILES string of the molecule is Cc1ccc(-n2c(-c3ccc(Cl)cc3)cn3c4c(=O)n(C)c(=O)n(C)c4nc23)cc1. The van der Waals surface area contributed by atoms with Crippen molar-refractivity contribution >= 4 is 28.5 Å². The zero-order valence-corrected chi connectivity index (χ0v) is 17.4. The van der Waals surface area contributed by atoms with Gasteiger partial charge in [-0.3, -0.25) is 22.9 Å². The summed E-state index contributed by atoms with van der Waals surface area (Å²) in [6, 6.07) is 15.6. The molecule has 3 aromatic heterocycles. The van der Waals surface area contributed by atoms with E-state index in [9.17, 15) is 9.59 Å². The summed E-state index contributed by atoms with van der Waals surface area (Å²) in [5.74, 6) is 0.553. The number of benzene rings is 2. The Labute approximate surface area is 176 Å². The molecular weight excluding hydrogens is 402 g/mol. The van der Waals surface area contributed by atoms with Gasteiger partial charge in [-0.2, -0.15) is 4.98 Å². The quantitative estimate of drug-likeness (QED) is 0.441. The molecule has 0 unspecified atom stereocenters. The smallest absolute Gasteiger partial charge is 0.279 e. The maximum atomic E-state index is 12.9. The van der Waals surface area contributed by atoms with E-state index < -0.39 is 5.69 Å². The van der Waals surface area contributed by atoms with Crippen molar-refractivity contribution in [1.82, 2.24) is 23.1 Å². The fourth-order valence-electron chi connectivity index (χ4n) is 3.74. The average molecular weight is 420 g/mol. The van der Waals surface area contributed by atoms with Crippen LogP contribution in [0.1, 0.15) is 5.56 Å². The van der Waals surface area contributed by atoms with Crippen molar-refractivity contribution < 1.29 is 0 Å². The lowest BCUT2D eigenvalue weighted by atomic mass is 10.1. The Morgan fingerprint density at radius 3 is 2.23 bits per heavy atom. The molecule has 0 saturated heterocycles. The number of nitrogens with zero attached hydrogens (tertiary/aromatic N) is 5. The highest BCUT2D eigenvalue weighted by atomic mass is 35.5. The number of aryl methyl sites for hydroxylation is 2. The van der Waals surface area contributed by atoms with E-state index in [1.54, 1.807) is 11.4 Å². The summed E-state index contributed by atoms with van der Waals surface area (Å²) in [4.78, 5) is 30.0. The Kier molecular flexibility index (Phi) is 3.98. The molecule has 0 radical (unpaired) electrons. The molecule has 0 aliphatic carbocycles. The molecule has 150 valence electrons. The van der Waals surface area contributed by atoms with Crippen molar-refractivity contribution in [2.24, 2.45) is 14.1 Å². The van der Waals surface area contributed by atoms with Gasteiger partial charge in [0.05, 0.1) is 5.69 Å². The summed E-state index contributed by atoms with van der Waals surface area (Å²) in [6.45, 7) is 2.03. The summed E-state index contributed by atoms with van der Waals surface area (Å²) >= 11 is 6.08. The molecule has 0 aliphatic rings. The van der Waals surface area contributed by atoms with Gasteiger partial charge in [-0.1, -0.05) is 41.4 Å². The van der Waals surface area contributed by atoms with Crippen LogP contribution in [0.25, 0.3) is 33.9 Å². The van der Waals surface area contributed by atoms with Crippen molar-refractivity contribution in [3.63, 3.8) is 0 Å². The van der Waals surface area contributed by atoms with Gasteiger partial charge >= 0.3 is 5.69 Å². The van der Waals surface area contributed by atoms with Crippen LogP contribution >= 0.6 is 11.6 Å². The molecule has 0 N–H and O–H groups in total. The van der Waals surface area contributed by atoms with E-state index in [1.165, 1.54) is 11.6 Å². The highest BCUT2D eigenvalue weighted by Crippen LogP contribution is 2.29. The number of halogens is 1. The van der Waals surface area contributed by atoms with Gasteiger partial charge in [-0.15, -0.1) is 0 Å². The van der Waals surface area contributed by atoms with Gasteiger partial charge in [0.15, 0.2) is 11.2 Å². The molecule has 0 spiro atoms. The second-order valence-electron chi connectivity index (χ2n) is 7.35. The van der Waals surface area contributed by atoms with Crippen LogP contribution in [-0.2, 0) is 14.1 Å². The van der Waals surface area contributed by atoms with Crippen molar-refractivity contribution in [3.05, 3.63) is 86.2 Å². The lowest BCUT2D eigenvalue weighted by Gasteiger charge is -2.09. The van der Waals surface area contributed by atoms with Crippen LogP contribution in [-0.4, -0.2) is 23.1 Å². The Morgan fingerprint density at radius 2 is 1.57 bits per heavy atom. The summed E-state index contributed by atoms with van der Waals surface area (Å²) < 4.78 is 6.22. The van der Waals surface area contributed by atoms with Gasteiger partial charge in [0.1, 0.15) is 0 Å². The Morgan fingerprint density at radius 1 is 0.900 bits per heavy atom. The molecule has 7 nitrogen and oxygen atoms in total. The van der Waals surface area contributed by atoms with E-state index in [0.717, 1.165) is 27.1 Å². The summed E-state index contributed by atoms with van der Waals surface area (Å²) in [7, 11) is 3.09. The number of rotatable bonds is 2. The monoisotopic (exact) mass is 419 g/mol. The van der Waals surface area contributed by atoms with E-state index in [2.05, 4.69) is 4.98 Å². The van der Waals surface area contributed by atoms with Crippen molar-refractivity contribution in [2.45, 2.75) is 6.92 Å². The van der Waals surface area contributed by atoms with E-state index in [0.29, 0.717) is 22.0 Å². The fraction of sp³-hybridized carbons (Fsp3) is 0.136. The normalized spacial score (nSPS) is 11.6. The molecule has 5 rings (SSSR count). The lowest BCUT2D eigenvalue weighted by molar-refractivity contribution is 0.708. The van der Waals surface area contributed by atoms with E-state index in [4.69, 9.17) is 11.6 Å². The van der Waals surface area contributed by atoms with Crippen molar-refractivity contribution in [3.8, 4) is 16.9 Å². The van der Waals surface area contributed by atoms with Crippen molar-refractivity contribution in [2.75, 3.05) is 0 Å². The summed E-state index contributed by atoms with van der Waals surface area (Å²) in [6.07, 6.45) is 1.87. The highest BCUT2D eigenvalue weighted by molar-refractivity contribution is 6.30. The number of hydrogen-bond donors (Lipinski definition) is 0. The van der Waals surface area contributed by atoms with Crippen molar-refractivity contribution in [1.29, 1.82) is 0 Å². The topological polar surface area (TPSA) is 66.2 Å². The minimum atomic E-state index is -0.409. The summed E-state index contributed by atoms with van der Waals surface area (Å²) in [5, 5.41) is 0.645. The zero-order valence-electron chi connectivity index (χ0n) is 16.6. The first-order valence-electron chi connectivity index (χ1n) is 9.39. The minimum Gasteiger partial charge on any atom is -0.279 e. The Balaban J connectivity index is 1.95. The second kappa shape index (κ2) is 6.47. The Bertz CT molecular complexity index is 1550. The first-order chi connectivity index (χ1) is 14.4. The molecule has 30 heavy (non-hydrogen) atoms. The lowest BCUT2D eigenvalue weighted by Crippen LogP contribution is -2.37. The molecule has 2 aromatic carbocycles. The molecule has 0 atom stereocenters. The zero-order chi connectivity index (χ0) is 21.2. The third-order valence-corrected chi connectivity index (χ3v) is 5.65. The largest absolute Gasteiger partial charge is 0.332 e. The maximum Gasteiger partial charge on any atom is 0.332 e. The average Bonchev–Trinajstić information content (AvgIpc) is 3.28. The molecule has 3 heterocycles. The highest BCUT2D eigenvalue weighted by Gasteiger charge is 2.21.